The van der Waals surface area contributed by atoms with E-state index in [0.717, 1.165) is 23.1 Å². The molecular formula is C11H14N2O2. The van der Waals surface area contributed by atoms with Crippen molar-refractivity contribution < 1.29 is 9.84 Å². The maximum Gasteiger partial charge on any atom is 0.140 e. The van der Waals surface area contributed by atoms with Crippen molar-refractivity contribution in [3.63, 3.8) is 0 Å². The molecule has 4 nitrogen and oxygen atoms in total. The van der Waals surface area contributed by atoms with Crippen LogP contribution in [0.25, 0.3) is 11.0 Å². The lowest BCUT2D eigenvalue weighted by Gasteiger charge is -2.02. The van der Waals surface area contributed by atoms with E-state index >= 15 is 0 Å². The van der Waals surface area contributed by atoms with Crippen LogP contribution in [-0.4, -0.2) is 28.4 Å². The van der Waals surface area contributed by atoms with Crippen molar-refractivity contribution in [3.05, 3.63) is 30.1 Å². The molecule has 0 radical (unpaired) electrons. The highest BCUT2D eigenvalue weighted by atomic mass is 16.5. The second-order valence-electron chi connectivity index (χ2n) is 3.37. The van der Waals surface area contributed by atoms with Gasteiger partial charge in [-0.15, -0.1) is 0 Å². The number of rotatable bonds is 4. The van der Waals surface area contributed by atoms with Gasteiger partial charge in [0.1, 0.15) is 5.65 Å². The first-order valence-electron chi connectivity index (χ1n) is 4.89. The second kappa shape index (κ2) is 4.42. The van der Waals surface area contributed by atoms with Gasteiger partial charge in [0.15, 0.2) is 0 Å². The van der Waals surface area contributed by atoms with Crippen molar-refractivity contribution in [2.75, 3.05) is 13.7 Å². The van der Waals surface area contributed by atoms with E-state index in [4.69, 9.17) is 4.74 Å². The molecule has 0 fully saturated rings. The molecule has 0 atom stereocenters. The lowest BCUT2D eigenvalue weighted by atomic mass is 10.2. The maximum atomic E-state index is 9.20. The molecule has 0 saturated carbocycles. The molecule has 0 unspecified atom stereocenters. The van der Waals surface area contributed by atoms with Crippen LogP contribution < -0.4 is 0 Å². The number of hydrogen-bond acceptors (Lipinski definition) is 3. The normalized spacial score (nSPS) is 11.1. The Morgan fingerprint density at radius 2 is 2.40 bits per heavy atom. The van der Waals surface area contributed by atoms with Crippen LogP contribution >= 0.6 is 0 Å². The van der Waals surface area contributed by atoms with Crippen LogP contribution in [0.5, 0.6) is 0 Å². The molecule has 0 aliphatic rings. The van der Waals surface area contributed by atoms with Crippen LogP contribution in [0, 0.1) is 0 Å². The lowest BCUT2D eigenvalue weighted by molar-refractivity contribution is 0.188. The van der Waals surface area contributed by atoms with Crippen molar-refractivity contribution in [1.29, 1.82) is 0 Å². The summed E-state index contributed by atoms with van der Waals surface area (Å²) in [7, 11) is 1.67. The average Bonchev–Trinajstić information content (AvgIpc) is 2.65. The van der Waals surface area contributed by atoms with E-state index in [1.165, 1.54) is 0 Å². The summed E-state index contributed by atoms with van der Waals surface area (Å²) in [4.78, 5) is 4.30. The van der Waals surface area contributed by atoms with Gasteiger partial charge in [-0.1, -0.05) is 0 Å². The minimum Gasteiger partial charge on any atom is -0.392 e. The fourth-order valence-electron chi connectivity index (χ4n) is 1.68. The lowest BCUT2D eigenvalue weighted by Crippen LogP contribution is -2.03. The Morgan fingerprint density at radius 3 is 3.13 bits per heavy atom. The summed E-state index contributed by atoms with van der Waals surface area (Å²) in [6.07, 6.45) is 3.68. The van der Waals surface area contributed by atoms with Crippen LogP contribution in [0.3, 0.4) is 0 Å². The molecule has 1 N–H and O–H groups in total. The number of hydrogen-bond donors (Lipinski definition) is 1. The van der Waals surface area contributed by atoms with Crippen LogP contribution in [0.2, 0.25) is 0 Å². The number of pyridine rings is 1. The van der Waals surface area contributed by atoms with Gasteiger partial charge in [0.2, 0.25) is 0 Å². The first-order valence-corrected chi connectivity index (χ1v) is 4.89. The van der Waals surface area contributed by atoms with Gasteiger partial charge in [-0.25, -0.2) is 4.98 Å². The number of aliphatic hydroxyl groups is 1. The fraction of sp³-hybridized carbons (Fsp3) is 0.364. The van der Waals surface area contributed by atoms with Gasteiger partial charge in [0, 0.05) is 37.0 Å². The first kappa shape index (κ1) is 10.1. The number of fused-ring (bicyclic) bond motifs is 1. The Kier molecular flexibility index (Phi) is 2.99. The summed E-state index contributed by atoms with van der Waals surface area (Å²) in [6.45, 7) is 1.44. The van der Waals surface area contributed by atoms with Gasteiger partial charge in [0.05, 0.1) is 13.2 Å². The number of aromatic nitrogens is 2. The predicted octanol–water partition coefficient (Wildman–Crippen LogP) is 1.18. The van der Waals surface area contributed by atoms with Gasteiger partial charge in [-0.05, 0) is 12.1 Å². The van der Waals surface area contributed by atoms with Gasteiger partial charge in [-0.3, -0.25) is 0 Å². The third-order valence-corrected chi connectivity index (χ3v) is 2.42. The van der Waals surface area contributed by atoms with E-state index in [-0.39, 0.29) is 6.61 Å². The highest BCUT2D eigenvalue weighted by Gasteiger charge is 2.07. The van der Waals surface area contributed by atoms with Crippen molar-refractivity contribution in [1.82, 2.24) is 9.55 Å². The van der Waals surface area contributed by atoms with E-state index in [0.29, 0.717) is 6.61 Å². The third-order valence-electron chi connectivity index (χ3n) is 2.42. The molecular weight excluding hydrogens is 192 g/mol. The number of aliphatic hydroxyl groups excluding tert-OH is 1. The zero-order chi connectivity index (χ0) is 10.7. The molecule has 15 heavy (non-hydrogen) atoms. The van der Waals surface area contributed by atoms with Gasteiger partial charge in [0.25, 0.3) is 0 Å². The number of methoxy groups -OCH3 is 1. The Hall–Kier alpha value is -1.39. The zero-order valence-electron chi connectivity index (χ0n) is 8.68. The molecule has 0 amide bonds. The van der Waals surface area contributed by atoms with Crippen molar-refractivity contribution in [2.24, 2.45) is 0 Å². The standard InChI is InChI=1S/C11H14N2O2/c1-15-6-5-13-7-9(8-14)10-3-2-4-12-11(10)13/h2-4,7,14H,5-6,8H2,1H3. The van der Waals surface area contributed by atoms with Crippen molar-refractivity contribution >= 4 is 11.0 Å². The summed E-state index contributed by atoms with van der Waals surface area (Å²) in [5, 5.41) is 10.2. The zero-order valence-corrected chi connectivity index (χ0v) is 8.68. The topological polar surface area (TPSA) is 47.3 Å². The predicted molar refractivity (Wildman–Crippen MR) is 57.5 cm³/mol. The quantitative estimate of drug-likeness (QED) is 0.817. The molecule has 2 aromatic rings. The molecule has 0 aliphatic carbocycles. The summed E-state index contributed by atoms with van der Waals surface area (Å²) < 4.78 is 7.03. The van der Waals surface area contributed by atoms with Crippen LogP contribution in [0.15, 0.2) is 24.5 Å². The largest absolute Gasteiger partial charge is 0.392 e. The minimum atomic E-state index is 0.0438. The molecule has 80 valence electrons. The summed E-state index contributed by atoms with van der Waals surface area (Å²) in [5.41, 5.74) is 1.81. The van der Waals surface area contributed by atoms with Crippen LogP contribution in [0.4, 0.5) is 0 Å². The van der Waals surface area contributed by atoms with Gasteiger partial charge >= 0.3 is 0 Å². The van der Waals surface area contributed by atoms with E-state index in [1.807, 2.05) is 22.9 Å². The van der Waals surface area contributed by atoms with Gasteiger partial charge < -0.3 is 14.4 Å². The maximum absolute atomic E-state index is 9.20. The smallest absolute Gasteiger partial charge is 0.140 e. The molecule has 4 heteroatoms. The Bertz CT molecular complexity index is 451. The van der Waals surface area contributed by atoms with Gasteiger partial charge in [-0.2, -0.15) is 0 Å². The Labute approximate surface area is 88.1 Å². The summed E-state index contributed by atoms with van der Waals surface area (Å²) >= 11 is 0. The summed E-state index contributed by atoms with van der Waals surface area (Å²) in [5.74, 6) is 0. The minimum absolute atomic E-state index is 0.0438. The van der Waals surface area contributed by atoms with Crippen molar-refractivity contribution in [2.45, 2.75) is 13.2 Å². The van der Waals surface area contributed by atoms with Crippen LogP contribution in [0.1, 0.15) is 5.56 Å². The molecule has 2 rings (SSSR count). The summed E-state index contributed by atoms with van der Waals surface area (Å²) in [6, 6.07) is 3.85. The molecule has 0 bridgehead atoms. The number of ether oxygens (including phenoxy) is 1. The average molecular weight is 206 g/mol. The van der Waals surface area contributed by atoms with E-state index in [1.54, 1.807) is 13.3 Å². The Morgan fingerprint density at radius 1 is 1.53 bits per heavy atom. The Balaban J connectivity index is 2.45. The first-order chi connectivity index (χ1) is 7.36. The highest BCUT2D eigenvalue weighted by Crippen LogP contribution is 2.18. The fourth-order valence-corrected chi connectivity index (χ4v) is 1.68. The van der Waals surface area contributed by atoms with Crippen LogP contribution in [-0.2, 0) is 17.9 Å². The molecule has 0 aromatic carbocycles. The van der Waals surface area contributed by atoms with E-state index < -0.39 is 0 Å². The van der Waals surface area contributed by atoms with Crippen molar-refractivity contribution in [3.8, 4) is 0 Å². The SMILES string of the molecule is COCCn1cc(CO)c2cccnc21. The monoisotopic (exact) mass is 206 g/mol. The third kappa shape index (κ3) is 1.86. The highest BCUT2D eigenvalue weighted by molar-refractivity contribution is 5.80. The van der Waals surface area contributed by atoms with E-state index in [2.05, 4.69) is 4.98 Å². The molecule has 0 aliphatic heterocycles. The second-order valence-corrected chi connectivity index (χ2v) is 3.37. The number of nitrogens with zero attached hydrogens (tertiary/aromatic N) is 2. The molecule has 0 saturated heterocycles. The molecule has 2 aromatic heterocycles. The van der Waals surface area contributed by atoms with E-state index in [9.17, 15) is 5.11 Å². The molecule has 2 heterocycles. The molecule has 0 spiro atoms.